The number of benzene rings is 1. The summed E-state index contributed by atoms with van der Waals surface area (Å²) in [6.45, 7) is 1.17. The zero-order valence-corrected chi connectivity index (χ0v) is 10.7. The van der Waals surface area contributed by atoms with Crippen molar-refractivity contribution in [3.8, 4) is 5.75 Å². The lowest BCUT2D eigenvalue weighted by atomic mass is 10.2. The van der Waals surface area contributed by atoms with Crippen LogP contribution in [-0.2, 0) is 11.3 Å². The first kappa shape index (κ1) is 14.6. The molecule has 0 radical (unpaired) electrons. The first-order chi connectivity index (χ1) is 9.42. The van der Waals surface area contributed by atoms with Gasteiger partial charge >= 0.3 is 6.36 Å². The smallest absolute Gasteiger partial charge is 0.406 e. The maximum atomic E-state index is 12.0. The molecule has 1 amide bonds. The topological polar surface area (TPSA) is 50.4 Å². The molecule has 0 bridgehead atoms. The van der Waals surface area contributed by atoms with Gasteiger partial charge in [-0.1, -0.05) is 12.1 Å². The van der Waals surface area contributed by atoms with Crippen LogP contribution in [0.2, 0.25) is 0 Å². The minimum Gasteiger partial charge on any atom is -0.406 e. The monoisotopic (exact) mass is 288 g/mol. The van der Waals surface area contributed by atoms with Gasteiger partial charge in [-0.25, -0.2) is 0 Å². The summed E-state index contributed by atoms with van der Waals surface area (Å²) in [5.41, 5.74) is 0.851. The lowest BCUT2D eigenvalue weighted by molar-refractivity contribution is -0.274. The fraction of sp³-hybridized carbons (Fsp3) is 0.462. The molecule has 1 unspecified atom stereocenters. The van der Waals surface area contributed by atoms with Crippen molar-refractivity contribution in [2.24, 2.45) is 0 Å². The van der Waals surface area contributed by atoms with Gasteiger partial charge in [0.15, 0.2) is 0 Å². The Morgan fingerprint density at radius 2 is 2.00 bits per heavy atom. The van der Waals surface area contributed by atoms with Gasteiger partial charge in [-0.2, -0.15) is 0 Å². The van der Waals surface area contributed by atoms with Crippen LogP contribution in [0.1, 0.15) is 18.4 Å². The van der Waals surface area contributed by atoms with E-state index in [1.807, 2.05) is 0 Å². The van der Waals surface area contributed by atoms with Crippen molar-refractivity contribution in [3.63, 3.8) is 0 Å². The Hall–Kier alpha value is -1.76. The number of ether oxygens (including phenoxy) is 1. The van der Waals surface area contributed by atoms with Crippen LogP contribution in [0.3, 0.4) is 0 Å². The third-order valence-electron chi connectivity index (χ3n) is 2.96. The summed E-state index contributed by atoms with van der Waals surface area (Å²) in [6, 6.07) is 5.84. The highest BCUT2D eigenvalue weighted by atomic mass is 19.4. The first-order valence-electron chi connectivity index (χ1n) is 6.27. The molecule has 0 aliphatic carbocycles. The van der Waals surface area contributed by atoms with E-state index >= 15 is 0 Å². The fourth-order valence-corrected chi connectivity index (χ4v) is 2.03. The van der Waals surface area contributed by atoms with E-state index in [9.17, 15) is 18.0 Å². The minimum atomic E-state index is -4.67. The van der Waals surface area contributed by atoms with E-state index in [1.54, 1.807) is 12.1 Å². The summed E-state index contributed by atoms with van der Waals surface area (Å²) < 4.78 is 39.7. The SMILES string of the molecule is O=C1CCC(CNCc2ccc(OC(F)(F)F)cc2)N1. The lowest BCUT2D eigenvalue weighted by Gasteiger charge is -2.12. The molecule has 7 heteroatoms. The largest absolute Gasteiger partial charge is 0.573 e. The standard InChI is InChI=1S/C13H15F3N2O2/c14-13(15,16)20-11-4-1-9(2-5-11)7-17-8-10-3-6-12(19)18-10/h1-2,4-5,10,17H,3,6-8H2,(H,18,19). The van der Waals surface area contributed by atoms with Gasteiger partial charge in [-0.05, 0) is 24.1 Å². The molecular formula is C13H15F3N2O2. The molecule has 1 aliphatic heterocycles. The van der Waals surface area contributed by atoms with E-state index in [2.05, 4.69) is 15.4 Å². The van der Waals surface area contributed by atoms with Crippen molar-refractivity contribution < 1.29 is 22.7 Å². The molecule has 1 aromatic carbocycles. The van der Waals surface area contributed by atoms with Crippen molar-refractivity contribution >= 4 is 5.91 Å². The van der Waals surface area contributed by atoms with E-state index in [1.165, 1.54) is 12.1 Å². The Morgan fingerprint density at radius 3 is 2.55 bits per heavy atom. The molecule has 0 spiro atoms. The summed E-state index contributed by atoms with van der Waals surface area (Å²) in [6.07, 6.45) is -3.31. The van der Waals surface area contributed by atoms with Crippen LogP contribution >= 0.6 is 0 Å². The van der Waals surface area contributed by atoms with Gasteiger partial charge in [0.25, 0.3) is 0 Å². The Labute approximate surface area is 114 Å². The average Bonchev–Trinajstić information content (AvgIpc) is 2.75. The van der Waals surface area contributed by atoms with Crippen LogP contribution in [0.25, 0.3) is 0 Å². The molecule has 2 rings (SSSR count). The van der Waals surface area contributed by atoms with E-state index in [4.69, 9.17) is 0 Å². The average molecular weight is 288 g/mol. The summed E-state index contributed by atoms with van der Waals surface area (Å²) in [4.78, 5) is 11.0. The predicted molar refractivity (Wildman–Crippen MR) is 66.0 cm³/mol. The molecule has 1 atom stereocenters. The van der Waals surface area contributed by atoms with Crippen LogP contribution in [-0.4, -0.2) is 24.9 Å². The van der Waals surface area contributed by atoms with E-state index in [0.29, 0.717) is 19.5 Å². The number of carbonyl (C=O) groups excluding carboxylic acids is 1. The second-order valence-corrected chi connectivity index (χ2v) is 4.63. The Kier molecular flexibility index (Phi) is 4.49. The van der Waals surface area contributed by atoms with Gasteiger partial charge in [0, 0.05) is 25.6 Å². The van der Waals surface area contributed by atoms with Crippen LogP contribution in [0.4, 0.5) is 13.2 Å². The maximum absolute atomic E-state index is 12.0. The number of amides is 1. The Bertz CT molecular complexity index is 460. The molecule has 2 N–H and O–H groups in total. The van der Waals surface area contributed by atoms with Gasteiger partial charge in [0.1, 0.15) is 5.75 Å². The predicted octanol–water partition coefficient (Wildman–Crippen LogP) is 1.95. The van der Waals surface area contributed by atoms with Gasteiger partial charge in [0.05, 0.1) is 0 Å². The molecule has 4 nitrogen and oxygen atoms in total. The number of hydrogen-bond acceptors (Lipinski definition) is 3. The number of carbonyl (C=O) groups is 1. The molecule has 1 fully saturated rings. The van der Waals surface area contributed by atoms with Crippen LogP contribution in [0, 0.1) is 0 Å². The van der Waals surface area contributed by atoms with Crippen molar-refractivity contribution in [2.45, 2.75) is 31.8 Å². The number of hydrogen-bond donors (Lipinski definition) is 2. The normalized spacial score (nSPS) is 18.9. The third-order valence-corrected chi connectivity index (χ3v) is 2.96. The van der Waals surface area contributed by atoms with Gasteiger partial charge < -0.3 is 15.4 Å². The summed E-state index contributed by atoms with van der Waals surface area (Å²) in [5.74, 6) is -0.172. The summed E-state index contributed by atoms with van der Waals surface area (Å²) >= 11 is 0. The van der Waals surface area contributed by atoms with Crippen LogP contribution in [0.15, 0.2) is 24.3 Å². The fourth-order valence-electron chi connectivity index (χ4n) is 2.03. The second-order valence-electron chi connectivity index (χ2n) is 4.63. The van der Waals surface area contributed by atoms with Crippen LogP contribution < -0.4 is 15.4 Å². The number of rotatable bonds is 5. The van der Waals surface area contributed by atoms with Crippen molar-refractivity contribution in [2.75, 3.05) is 6.54 Å². The van der Waals surface area contributed by atoms with Gasteiger partial charge in [0.2, 0.25) is 5.91 Å². The summed E-state index contributed by atoms with van der Waals surface area (Å²) in [5, 5.41) is 5.98. The quantitative estimate of drug-likeness (QED) is 0.870. The highest BCUT2D eigenvalue weighted by molar-refractivity contribution is 5.78. The third kappa shape index (κ3) is 4.73. The molecule has 0 saturated carbocycles. The lowest BCUT2D eigenvalue weighted by Crippen LogP contribution is -2.35. The number of halogens is 3. The molecule has 1 aliphatic rings. The molecule has 20 heavy (non-hydrogen) atoms. The number of alkyl halides is 3. The zero-order chi connectivity index (χ0) is 14.6. The highest BCUT2D eigenvalue weighted by Crippen LogP contribution is 2.22. The van der Waals surface area contributed by atoms with Gasteiger partial charge in [-0.15, -0.1) is 13.2 Å². The molecule has 110 valence electrons. The Morgan fingerprint density at radius 1 is 1.30 bits per heavy atom. The molecule has 0 aromatic heterocycles. The Balaban J connectivity index is 1.75. The second kappa shape index (κ2) is 6.13. The van der Waals surface area contributed by atoms with Crippen molar-refractivity contribution in [1.82, 2.24) is 10.6 Å². The van der Waals surface area contributed by atoms with Crippen molar-refractivity contribution in [1.29, 1.82) is 0 Å². The van der Waals surface area contributed by atoms with E-state index in [-0.39, 0.29) is 17.7 Å². The molecular weight excluding hydrogens is 273 g/mol. The van der Waals surface area contributed by atoms with E-state index < -0.39 is 6.36 Å². The molecule has 1 saturated heterocycles. The number of nitrogens with one attached hydrogen (secondary N) is 2. The van der Waals surface area contributed by atoms with Crippen LogP contribution in [0.5, 0.6) is 5.75 Å². The minimum absolute atomic E-state index is 0.0606. The highest BCUT2D eigenvalue weighted by Gasteiger charge is 2.30. The maximum Gasteiger partial charge on any atom is 0.573 e. The first-order valence-corrected chi connectivity index (χ1v) is 6.27. The van der Waals surface area contributed by atoms with Gasteiger partial charge in [-0.3, -0.25) is 4.79 Å². The molecule has 1 heterocycles. The summed E-state index contributed by atoms with van der Waals surface area (Å²) in [7, 11) is 0. The molecule has 1 aromatic rings. The zero-order valence-electron chi connectivity index (χ0n) is 10.7. The van der Waals surface area contributed by atoms with E-state index in [0.717, 1.165) is 12.0 Å². The van der Waals surface area contributed by atoms with Crippen molar-refractivity contribution in [3.05, 3.63) is 29.8 Å².